The standard InChI is InChI=1S/C8H14N4/c1-12-5-10-11-8(12)6-2-3-7(9)4-6/h5-7H,2-4,9H2,1H3. The number of rotatable bonds is 1. The zero-order valence-corrected chi connectivity index (χ0v) is 7.27. The van der Waals surface area contributed by atoms with Crippen LogP contribution in [0, 0.1) is 0 Å². The second-order valence-electron chi connectivity index (χ2n) is 3.57. The van der Waals surface area contributed by atoms with Crippen molar-refractivity contribution in [3.05, 3.63) is 12.2 Å². The van der Waals surface area contributed by atoms with E-state index in [0.717, 1.165) is 25.1 Å². The Labute approximate surface area is 71.8 Å². The van der Waals surface area contributed by atoms with E-state index in [1.807, 2.05) is 11.6 Å². The summed E-state index contributed by atoms with van der Waals surface area (Å²) in [7, 11) is 1.99. The van der Waals surface area contributed by atoms with Crippen LogP contribution in [0.2, 0.25) is 0 Å². The maximum Gasteiger partial charge on any atom is 0.135 e. The molecule has 1 aliphatic carbocycles. The van der Waals surface area contributed by atoms with Crippen molar-refractivity contribution < 1.29 is 0 Å². The predicted molar refractivity (Wildman–Crippen MR) is 45.6 cm³/mol. The maximum absolute atomic E-state index is 5.82. The molecule has 0 radical (unpaired) electrons. The van der Waals surface area contributed by atoms with Gasteiger partial charge in [0, 0.05) is 19.0 Å². The Kier molecular flexibility index (Phi) is 1.84. The van der Waals surface area contributed by atoms with Gasteiger partial charge in [0.25, 0.3) is 0 Å². The lowest BCUT2D eigenvalue weighted by atomic mass is 10.1. The minimum atomic E-state index is 0.367. The van der Waals surface area contributed by atoms with Gasteiger partial charge in [0.15, 0.2) is 0 Å². The topological polar surface area (TPSA) is 56.7 Å². The molecule has 1 aromatic heterocycles. The van der Waals surface area contributed by atoms with Crippen molar-refractivity contribution in [3.8, 4) is 0 Å². The number of hydrogen-bond acceptors (Lipinski definition) is 3. The number of nitrogens with two attached hydrogens (primary N) is 1. The van der Waals surface area contributed by atoms with Crippen LogP contribution in [0.25, 0.3) is 0 Å². The van der Waals surface area contributed by atoms with Crippen molar-refractivity contribution in [2.75, 3.05) is 0 Å². The summed E-state index contributed by atoms with van der Waals surface area (Å²) in [6.07, 6.45) is 5.09. The highest BCUT2D eigenvalue weighted by Gasteiger charge is 2.26. The molecule has 2 unspecified atom stereocenters. The van der Waals surface area contributed by atoms with E-state index in [1.54, 1.807) is 6.33 Å². The minimum Gasteiger partial charge on any atom is -0.328 e. The molecule has 0 aliphatic heterocycles. The number of nitrogens with zero attached hydrogens (tertiary/aromatic N) is 3. The molecule has 0 amide bonds. The smallest absolute Gasteiger partial charge is 0.135 e. The normalized spacial score (nSPS) is 29.5. The molecule has 4 heteroatoms. The first-order valence-electron chi connectivity index (χ1n) is 4.37. The molecule has 66 valence electrons. The molecule has 0 aromatic carbocycles. The first-order chi connectivity index (χ1) is 5.77. The van der Waals surface area contributed by atoms with Gasteiger partial charge in [-0.15, -0.1) is 10.2 Å². The summed E-state index contributed by atoms with van der Waals surface area (Å²) in [6, 6.07) is 0.367. The van der Waals surface area contributed by atoms with Gasteiger partial charge < -0.3 is 10.3 Å². The van der Waals surface area contributed by atoms with Crippen LogP contribution in [0.1, 0.15) is 31.0 Å². The fourth-order valence-electron chi connectivity index (χ4n) is 1.91. The fraction of sp³-hybridized carbons (Fsp3) is 0.750. The first-order valence-corrected chi connectivity index (χ1v) is 4.37. The number of aromatic nitrogens is 3. The highest BCUT2D eigenvalue weighted by Crippen LogP contribution is 2.31. The van der Waals surface area contributed by atoms with Crippen molar-refractivity contribution in [2.45, 2.75) is 31.2 Å². The monoisotopic (exact) mass is 166 g/mol. The molecule has 2 atom stereocenters. The predicted octanol–water partition coefficient (Wildman–Crippen LogP) is 0.410. The Morgan fingerprint density at radius 1 is 1.58 bits per heavy atom. The van der Waals surface area contributed by atoms with Crippen molar-refractivity contribution in [1.29, 1.82) is 0 Å². The van der Waals surface area contributed by atoms with Crippen LogP contribution in [0.3, 0.4) is 0 Å². The third-order valence-corrected chi connectivity index (χ3v) is 2.58. The van der Waals surface area contributed by atoms with Crippen LogP contribution in [-0.2, 0) is 7.05 Å². The Balaban J connectivity index is 2.16. The van der Waals surface area contributed by atoms with Crippen molar-refractivity contribution in [3.63, 3.8) is 0 Å². The summed E-state index contributed by atoms with van der Waals surface area (Å²) in [5, 5.41) is 7.95. The molecule has 12 heavy (non-hydrogen) atoms. The molecule has 1 aromatic rings. The minimum absolute atomic E-state index is 0.367. The molecule has 0 spiro atoms. The van der Waals surface area contributed by atoms with Gasteiger partial charge in [-0.1, -0.05) is 0 Å². The van der Waals surface area contributed by atoms with Crippen molar-refractivity contribution in [1.82, 2.24) is 14.8 Å². The summed E-state index contributed by atoms with van der Waals surface area (Å²) in [5.74, 6) is 1.62. The lowest BCUT2D eigenvalue weighted by molar-refractivity contribution is 0.614. The van der Waals surface area contributed by atoms with E-state index in [2.05, 4.69) is 10.2 Å². The van der Waals surface area contributed by atoms with E-state index >= 15 is 0 Å². The molecule has 0 saturated heterocycles. The number of aryl methyl sites for hydroxylation is 1. The maximum atomic E-state index is 5.82. The van der Waals surface area contributed by atoms with Gasteiger partial charge >= 0.3 is 0 Å². The zero-order chi connectivity index (χ0) is 8.55. The van der Waals surface area contributed by atoms with Crippen molar-refractivity contribution >= 4 is 0 Å². The summed E-state index contributed by atoms with van der Waals surface area (Å²) < 4.78 is 1.99. The summed E-state index contributed by atoms with van der Waals surface area (Å²) in [6.45, 7) is 0. The SMILES string of the molecule is Cn1cnnc1C1CCC(N)C1. The van der Waals surface area contributed by atoms with Gasteiger partial charge in [-0.25, -0.2) is 0 Å². The van der Waals surface area contributed by atoms with Crippen LogP contribution < -0.4 is 5.73 Å². The highest BCUT2D eigenvalue weighted by atomic mass is 15.2. The van der Waals surface area contributed by atoms with E-state index in [1.165, 1.54) is 0 Å². The largest absolute Gasteiger partial charge is 0.328 e. The molecular weight excluding hydrogens is 152 g/mol. The summed E-state index contributed by atoms with van der Waals surface area (Å²) >= 11 is 0. The average molecular weight is 166 g/mol. The van der Waals surface area contributed by atoms with Gasteiger partial charge in [-0.2, -0.15) is 0 Å². The molecule has 1 saturated carbocycles. The van der Waals surface area contributed by atoms with Crippen LogP contribution >= 0.6 is 0 Å². The second kappa shape index (κ2) is 2.86. The van der Waals surface area contributed by atoms with Gasteiger partial charge in [0.05, 0.1) is 0 Å². The molecule has 2 N–H and O–H groups in total. The third-order valence-electron chi connectivity index (χ3n) is 2.58. The fourth-order valence-corrected chi connectivity index (χ4v) is 1.91. The van der Waals surface area contributed by atoms with Gasteiger partial charge in [0.2, 0.25) is 0 Å². The zero-order valence-electron chi connectivity index (χ0n) is 7.27. The summed E-state index contributed by atoms with van der Waals surface area (Å²) in [4.78, 5) is 0. The Hall–Kier alpha value is -0.900. The van der Waals surface area contributed by atoms with Crippen LogP contribution in [0.15, 0.2) is 6.33 Å². The van der Waals surface area contributed by atoms with E-state index < -0.39 is 0 Å². The molecule has 2 rings (SSSR count). The van der Waals surface area contributed by atoms with E-state index in [0.29, 0.717) is 12.0 Å². The molecular formula is C8H14N4. The lowest BCUT2D eigenvalue weighted by Crippen LogP contribution is -2.15. The van der Waals surface area contributed by atoms with E-state index in [-0.39, 0.29) is 0 Å². The number of hydrogen-bond donors (Lipinski definition) is 1. The molecule has 1 heterocycles. The summed E-state index contributed by atoms with van der Waals surface area (Å²) in [5.41, 5.74) is 5.82. The Morgan fingerprint density at radius 2 is 2.42 bits per heavy atom. The molecule has 1 aliphatic rings. The quantitative estimate of drug-likeness (QED) is 0.657. The molecule has 0 bridgehead atoms. The molecule has 1 fully saturated rings. The van der Waals surface area contributed by atoms with Gasteiger partial charge in [-0.05, 0) is 19.3 Å². The van der Waals surface area contributed by atoms with E-state index in [4.69, 9.17) is 5.73 Å². The first kappa shape index (κ1) is 7.73. The lowest BCUT2D eigenvalue weighted by Gasteiger charge is -2.07. The van der Waals surface area contributed by atoms with E-state index in [9.17, 15) is 0 Å². The Morgan fingerprint density at radius 3 is 2.92 bits per heavy atom. The average Bonchev–Trinajstić information content (AvgIpc) is 2.58. The van der Waals surface area contributed by atoms with Crippen molar-refractivity contribution in [2.24, 2.45) is 12.8 Å². The highest BCUT2D eigenvalue weighted by molar-refractivity contribution is 5.00. The van der Waals surface area contributed by atoms with Gasteiger partial charge in [0.1, 0.15) is 12.2 Å². The molecule has 4 nitrogen and oxygen atoms in total. The Bertz CT molecular complexity index is 268. The third kappa shape index (κ3) is 1.22. The van der Waals surface area contributed by atoms with Crippen LogP contribution in [0.5, 0.6) is 0 Å². The second-order valence-corrected chi connectivity index (χ2v) is 3.57. The van der Waals surface area contributed by atoms with Crippen LogP contribution in [0.4, 0.5) is 0 Å². The van der Waals surface area contributed by atoms with Crippen LogP contribution in [-0.4, -0.2) is 20.8 Å². The van der Waals surface area contributed by atoms with Gasteiger partial charge in [-0.3, -0.25) is 0 Å².